The number of amides is 2. The lowest BCUT2D eigenvalue weighted by Crippen LogP contribution is -2.35. The number of benzene rings is 1. The fraction of sp³-hybridized carbons (Fsp3) is 0.429. The summed E-state index contributed by atoms with van der Waals surface area (Å²) in [6, 6.07) is 7.51. The van der Waals surface area contributed by atoms with Gasteiger partial charge >= 0.3 is 6.03 Å². The molecule has 2 amide bonds. The van der Waals surface area contributed by atoms with Gasteiger partial charge in [0, 0.05) is 19.5 Å². The van der Waals surface area contributed by atoms with Gasteiger partial charge in [0.2, 0.25) is 0 Å². The van der Waals surface area contributed by atoms with Crippen molar-refractivity contribution in [1.82, 2.24) is 15.4 Å². The van der Waals surface area contributed by atoms with Crippen molar-refractivity contribution in [3.63, 3.8) is 0 Å². The maximum absolute atomic E-state index is 12.1. The molecule has 0 fully saturated rings. The molecule has 8 nitrogen and oxygen atoms in total. The Kier molecular flexibility index (Phi) is 11.1. The molecular weight excluding hydrogens is 436 g/mol. The van der Waals surface area contributed by atoms with E-state index in [1.807, 2.05) is 26.1 Å². The summed E-state index contributed by atoms with van der Waals surface area (Å²) >= 11 is 4.88. The second kappa shape index (κ2) is 13.0. The number of nitrogens with one attached hydrogen (secondary N) is 3. The number of carbonyl (C=O) groups excluding carboxylic acids is 1. The third-order valence-corrected chi connectivity index (χ3v) is 6.34. The van der Waals surface area contributed by atoms with Crippen molar-refractivity contribution in [2.45, 2.75) is 50.8 Å². The molecule has 0 bridgehead atoms. The van der Waals surface area contributed by atoms with E-state index < -0.39 is 16.1 Å². The van der Waals surface area contributed by atoms with Crippen molar-refractivity contribution in [3.05, 3.63) is 53.5 Å². The van der Waals surface area contributed by atoms with Crippen LogP contribution in [-0.4, -0.2) is 33.2 Å². The van der Waals surface area contributed by atoms with Crippen LogP contribution in [0.1, 0.15) is 55.9 Å². The van der Waals surface area contributed by atoms with E-state index in [1.54, 1.807) is 30.0 Å². The standard InChI is InChI=1S/C14H16N2O4S.C7H16N2S/c1-9-5-6-11(10(2)12-4-3-7-20-12)8-13(9)21(18,19)16-14(15)17;1-3-4-5-6-9-7(10)8-2/h3-8,10H,1-2H3,(H3,15,16,17);3-6H2,1-2H3,(H2,8,9,10). The molecule has 0 radical (unpaired) electrons. The van der Waals surface area contributed by atoms with Gasteiger partial charge < -0.3 is 20.8 Å². The number of hydrogen-bond donors (Lipinski definition) is 4. The lowest BCUT2D eigenvalue weighted by Gasteiger charge is -2.13. The molecule has 5 N–H and O–H groups in total. The van der Waals surface area contributed by atoms with Gasteiger partial charge in [0.25, 0.3) is 10.0 Å². The fourth-order valence-electron chi connectivity index (χ4n) is 2.73. The number of hydrogen-bond acceptors (Lipinski definition) is 5. The molecule has 1 unspecified atom stereocenters. The quantitative estimate of drug-likeness (QED) is 0.346. The average molecular weight is 469 g/mol. The molecule has 0 spiro atoms. The van der Waals surface area contributed by atoms with E-state index in [0.29, 0.717) is 5.56 Å². The number of urea groups is 1. The van der Waals surface area contributed by atoms with E-state index in [2.05, 4.69) is 17.6 Å². The number of sulfonamides is 1. The van der Waals surface area contributed by atoms with E-state index in [0.717, 1.165) is 23.0 Å². The summed E-state index contributed by atoms with van der Waals surface area (Å²) in [5.74, 6) is 0.619. The van der Waals surface area contributed by atoms with Crippen molar-refractivity contribution in [1.29, 1.82) is 0 Å². The Morgan fingerprint density at radius 1 is 1.26 bits per heavy atom. The molecule has 172 valence electrons. The van der Waals surface area contributed by atoms with Crippen LogP contribution in [0.25, 0.3) is 0 Å². The molecule has 31 heavy (non-hydrogen) atoms. The maximum Gasteiger partial charge on any atom is 0.326 e. The zero-order chi connectivity index (χ0) is 23.4. The highest BCUT2D eigenvalue weighted by molar-refractivity contribution is 7.90. The highest BCUT2D eigenvalue weighted by Gasteiger charge is 2.21. The molecule has 0 aliphatic rings. The maximum atomic E-state index is 12.1. The van der Waals surface area contributed by atoms with Crippen molar-refractivity contribution in [3.8, 4) is 0 Å². The Hall–Kier alpha value is -2.59. The number of unbranched alkanes of at least 4 members (excludes halogenated alkanes) is 2. The van der Waals surface area contributed by atoms with Gasteiger partial charge in [0.1, 0.15) is 5.76 Å². The lowest BCUT2D eigenvalue weighted by atomic mass is 9.98. The summed E-state index contributed by atoms with van der Waals surface area (Å²) in [6.07, 6.45) is 5.30. The summed E-state index contributed by atoms with van der Waals surface area (Å²) in [4.78, 5) is 10.8. The minimum Gasteiger partial charge on any atom is -0.469 e. The number of rotatable bonds is 8. The number of aryl methyl sites for hydroxylation is 1. The Morgan fingerprint density at radius 3 is 2.52 bits per heavy atom. The first kappa shape index (κ1) is 26.4. The zero-order valence-electron chi connectivity index (χ0n) is 18.4. The van der Waals surface area contributed by atoms with Crippen LogP contribution in [0.3, 0.4) is 0 Å². The Balaban J connectivity index is 0.000000407. The van der Waals surface area contributed by atoms with E-state index in [-0.39, 0.29) is 10.8 Å². The van der Waals surface area contributed by atoms with Crippen molar-refractivity contribution >= 4 is 33.4 Å². The molecule has 1 heterocycles. The molecule has 0 aliphatic carbocycles. The van der Waals surface area contributed by atoms with Crippen molar-refractivity contribution in [2.75, 3.05) is 13.6 Å². The van der Waals surface area contributed by atoms with Crippen LogP contribution in [-0.2, 0) is 10.0 Å². The normalized spacial score (nSPS) is 11.6. The smallest absolute Gasteiger partial charge is 0.326 e. The number of primary amides is 1. The summed E-state index contributed by atoms with van der Waals surface area (Å²) in [5, 5.41) is 6.70. The van der Waals surface area contributed by atoms with Crippen LogP contribution in [0.2, 0.25) is 0 Å². The monoisotopic (exact) mass is 468 g/mol. The summed E-state index contributed by atoms with van der Waals surface area (Å²) in [6.45, 7) is 6.74. The molecule has 0 aliphatic heterocycles. The number of carbonyl (C=O) groups is 1. The molecular formula is C21H32N4O4S2. The predicted octanol–water partition coefficient (Wildman–Crippen LogP) is 3.37. The van der Waals surface area contributed by atoms with E-state index in [9.17, 15) is 13.2 Å². The first-order chi connectivity index (χ1) is 14.6. The zero-order valence-corrected chi connectivity index (χ0v) is 20.0. The minimum atomic E-state index is -3.97. The SMILES string of the molecule is CCCCCNC(=S)NC.Cc1ccc(C(C)c2ccco2)cc1S(=O)(=O)NC(N)=O. The Bertz CT molecular complexity index is 944. The molecule has 1 atom stereocenters. The van der Waals surface area contributed by atoms with Crippen LogP contribution in [0.15, 0.2) is 45.9 Å². The molecule has 0 saturated carbocycles. The van der Waals surface area contributed by atoms with Crippen molar-refractivity contribution in [2.24, 2.45) is 5.73 Å². The lowest BCUT2D eigenvalue weighted by molar-refractivity contribution is 0.253. The molecule has 1 aromatic carbocycles. The van der Waals surface area contributed by atoms with E-state index in [4.69, 9.17) is 22.4 Å². The topological polar surface area (TPSA) is 126 Å². The summed E-state index contributed by atoms with van der Waals surface area (Å²) < 4.78 is 31.3. The predicted molar refractivity (Wildman–Crippen MR) is 126 cm³/mol. The largest absolute Gasteiger partial charge is 0.469 e. The summed E-state index contributed by atoms with van der Waals surface area (Å²) in [7, 11) is -2.14. The van der Waals surface area contributed by atoms with Gasteiger partial charge in [-0.05, 0) is 54.9 Å². The van der Waals surface area contributed by atoms with Crippen molar-refractivity contribution < 1.29 is 17.6 Å². The molecule has 10 heteroatoms. The number of nitrogens with two attached hydrogens (primary N) is 1. The average Bonchev–Trinajstić information content (AvgIpc) is 3.25. The van der Waals surface area contributed by atoms with E-state index in [1.165, 1.54) is 25.3 Å². The van der Waals surface area contributed by atoms with Gasteiger partial charge in [-0.2, -0.15) is 0 Å². The molecule has 0 saturated heterocycles. The Morgan fingerprint density at radius 2 is 1.97 bits per heavy atom. The van der Waals surface area contributed by atoms with Crippen LogP contribution in [0.5, 0.6) is 0 Å². The second-order valence-electron chi connectivity index (χ2n) is 6.94. The first-order valence-corrected chi connectivity index (χ1v) is 11.9. The third-order valence-electron chi connectivity index (χ3n) is 4.50. The third kappa shape index (κ3) is 8.97. The number of furan rings is 1. The second-order valence-corrected chi connectivity index (χ2v) is 9.00. The van der Waals surface area contributed by atoms with Gasteiger partial charge in [0.15, 0.2) is 5.11 Å². The first-order valence-electron chi connectivity index (χ1n) is 10.0. The van der Waals surface area contributed by atoms with Gasteiger partial charge in [-0.15, -0.1) is 0 Å². The highest BCUT2D eigenvalue weighted by Crippen LogP contribution is 2.27. The van der Waals surface area contributed by atoms with Gasteiger partial charge in [-0.3, -0.25) is 0 Å². The van der Waals surface area contributed by atoms with Gasteiger partial charge in [0.05, 0.1) is 11.2 Å². The molecule has 2 rings (SSSR count). The van der Waals surface area contributed by atoms with Crippen LogP contribution >= 0.6 is 12.2 Å². The number of thiocarbonyl (C=S) groups is 1. The van der Waals surface area contributed by atoms with Crippen LogP contribution in [0.4, 0.5) is 4.79 Å². The molecule has 2 aromatic rings. The van der Waals surface area contributed by atoms with E-state index >= 15 is 0 Å². The van der Waals surface area contributed by atoms with Crippen LogP contribution in [0, 0.1) is 6.92 Å². The summed E-state index contributed by atoms with van der Waals surface area (Å²) in [5.41, 5.74) is 6.19. The van der Waals surface area contributed by atoms with Gasteiger partial charge in [-0.1, -0.05) is 38.8 Å². The molecule has 1 aromatic heterocycles. The van der Waals surface area contributed by atoms with Crippen LogP contribution < -0.4 is 21.1 Å². The minimum absolute atomic E-state index is 0.0252. The van der Waals surface area contributed by atoms with Gasteiger partial charge in [-0.25, -0.2) is 17.9 Å². The Labute approximate surface area is 190 Å². The highest BCUT2D eigenvalue weighted by atomic mass is 32.2. The fourth-order valence-corrected chi connectivity index (χ4v) is 3.99.